The molecule has 0 aromatic rings. The minimum atomic E-state index is -0.193. The Balaban J connectivity index is 0.00000160. The topological polar surface area (TPSA) is 52.6 Å². The van der Waals surface area contributed by atoms with Crippen LogP contribution in [0.1, 0.15) is 91.9 Å². The van der Waals surface area contributed by atoms with E-state index >= 15 is 0 Å². The lowest BCUT2D eigenvalue weighted by atomic mass is 9.94. The van der Waals surface area contributed by atoms with Gasteiger partial charge in [-0.15, -0.1) is 0 Å². The summed E-state index contributed by atoms with van der Waals surface area (Å²) in [5, 5.41) is 0. The average Bonchev–Trinajstić information content (AvgIpc) is 3.50. The summed E-state index contributed by atoms with van der Waals surface area (Å²) in [7, 11) is 0. The predicted molar refractivity (Wildman–Crippen MR) is 121 cm³/mol. The van der Waals surface area contributed by atoms with E-state index in [1.165, 1.54) is 25.7 Å². The van der Waals surface area contributed by atoms with Crippen LogP contribution >= 0.6 is 0 Å². The molecule has 4 aliphatic rings. The number of rotatable bonds is 11. The molecule has 4 nitrogen and oxygen atoms in total. The number of ether oxygens (including phenoxy) is 2. The minimum Gasteiger partial charge on any atom is -0.462 e. The lowest BCUT2D eigenvalue weighted by Crippen LogP contribution is -2.17. The van der Waals surface area contributed by atoms with Gasteiger partial charge in [-0.3, -0.25) is 0 Å². The maximum absolute atomic E-state index is 12.2. The van der Waals surface area contributed by atoms with E-state index in [4.69, 9.17) is 9.47 Å². The van der Waals surface area contributed by atoms with Gasteiger partial charge in [0.05, 0.1) is 13.2 Å². The third kappa shape index (κ3) is 4.53. The number of esters is 2. The van der Waals surface area contributed by atoms with Gasteiger partial charge < -0.3 is 9.47 Å². The maximum atomic E-state index is 12.2. The standard InChI is InChI=1S/C24H34O4.2CH4/c1-17(23-11-7-9-19(23)15-23)21(25)27-13-5-3-4-6-14-28-22(26)18(2)24-12-8-10-20(24)16-24;;/h19-20H,1-16H2;2*1H4. The van der Waals surface area contributed by atoms with Crippen molar-refractivity contribution in [2.75, 3.05) is 13.2 Å². The molecule has 0 N–H and O–H groups in total. The van der Waals surface area contributed by atoms with E-state index in [1.54, 1.807) is 0 Å². The highest BCUT2D eigenvalue weighted by Gasteiger charge is 2.60. The molecule has 4 unspecified atom stereocenters. The Hall–Kier alpha value is -1.58. The summed E-state index contributed by atoms with van der Waals surface area (Å²) in [6.45, 7) is 8.97. The second kappa shape index (κ2) is 9.70. The Morgan fingerprint density at radius 3 is 1.43 bits per heavy atom. The Morgan fingerprint density at radius 2 is 1.13 bits per heavy atom. The molecule has 0 spiro atoms. The summed E-state index contributed by atoms with van der Waals surface area (Å²) in [6.07, 6.45) is 13.0. The molecule has 4 atom stereocenters. The smallest absolute Gasteiger partial charge is 0.333 e. The fraction of sp³-hybridized carbons (Fsp3) is 0.769. The summed E-state index contributed by atoms with van der Waals surface area (Å²) in [5.41, 5.74) is 1.62. The van der Waals surface area contributed by atoms with Gasteiger partial charge in [0.2, 0.25) is 0 Å². The largest absolute Gasteiger partial charge is 0.462 e. The molecule has 4 fully saturated rings. The molecular formula is C26H42O4. The minimum absolute atomic E-state index is 0. The molecular weight excluding hydrogens is 376 g/mol. The van der Waals surface area contributed by atoms with Gasteiger partial charge in [0.25, 0.3) is 0 Å². The molecule has 0 heterocycles. The van der Waals surface area contributed by atoms with Crippen LogP contribution in [0.3, 0.4) is 0 Å². The zero-order chi connectivity index (χ0) is 19.8. The molecule has 4 heteroatoms. The average molecular weight is 419 g/mol. The van der Waals surface area contributed by atoms with Gasteiger partial charge in [0.15, 0.2) is 0 Å². The van der Waals surface area contributed by atoms with Crippen LogP contribution in [0.4, 0.5) is 0 Å². The highest BCUT2D eigenvalue weighted by Crippen LogP contribution is 2.68. The van der Waals surface area contributed by atoms with Gasteiger partial charge in [-0.25, -0.2) is 9.59 Å². The number of hydrogen-bond acceptors (Lipinski definition) is 4. The second-order valence-electron chi connectivity index (χ2n) is 9.54. The summed E-state index contributed by atoms with van der Waals surface area (Å²) in [5.74, 6) is 0.985. The Bertz CT molecular complexity index is 623. The van der Waals surface area contributed by atoms with E-state index in [2.05, 4.69) is 13.2 Å². The van der Waals surface area contributed by atoms with Crippen molar-refractivity contribution >= 4 is 11.9 Å². The summed E-state index contributed by atoms with van der Waals surface area (Å²) in [4.78, 5) is 24.4. The molecule has 170 valence electrons. The highest BCUT2D eigenvalue weighted by atomic mass is 16.5. The first-order valence-electron chi connectivity index (χ1n) is 11.2. The fourth-order valence-corrected chi connectivity index (χ4v) is 5.97. The predicted octanol–water partition coefficient (Wildman–Crippen LogP) is 6.40. The Labute approximate surface area is 183 Å². The SMILES string of the molecule is C.C.C=C(C(=O)OCCCCCCOC(=O)C(=C)C12CCCC1C2)C12CCCC1C2. The Morgan fingerprint density at radius 1 is 0.733 bits per heavy atom. The van der Waals surface area contributed by atoms with Crippen molar-refractivity contribution in [3.05, 3.63) is 24.3 Å². The van der Waals surface area contributed by atoms with E-state index in [9.17, 15) is 9.59 Å². The maximum Gasteiger partial charge on any atom is 0.333 e. The van der Waals surface area contributed by atoms with E-state index in [0.717, 1.165) is 51.4 Å². The summed E-state index contributed by atoms with van der Waals surface area (Å²) in [6, 6.07) is 0. The number of hydrogen-bond donors (Lipinski definition) is 0. The monoisotopic (exact) mass is 418 g/mol. The fourth-order valence-electron chi connectivity index (χ4n) is 5.97. The molecule has 0 aliphatic heterocycles. The summed E-state index contributed by atoms with van der Waals surface area (Å²) >= 11 is 0. The molecule has 4 rings (SSSR count). The van der Waals surface area contributed by atoms with Gasteiger partial charge in [-0.1, -0.05) is 40.9 Å². The van der Waals surface area contributed by atoms with E-state index in [1.807, 2.05) is 0 Å². The molecule has 4 aliphatic carbocycles. The lowest BCUT2D eigenvalue weighted by Gasteiger charge is -2.15. The number of carbonyl (C=O) groups is 2. The number of unbranched alkanes of at least 4 members (excludes halogenated alkanes) is 3. The quantitative estimate of drug-likeness (QED) is 0.221. The first-order valence-corrected chi connectivity index (χ1v) is 11.2. The van der Waals surface area contributed by atoms with E-state index in [-0.39, 0.29) is 37.6 Å². The molecule has 0 aromatic carbocycles. The van der Waals surface area contributed by atoms with Gasteiger partial charge in [0, 0.05) is 22.0 Å². The zero-order valence-corrected chi connectivity index (χ0v) is 17.1. The van der Waals surface area contributed by atoms with Crippen molar-refractivity contribution in [1.29, 1.82) is 0 Å². The van der Waals surface area contributed by atoms with Gasteiger partial charge >= 0.3 is 11.9 Å². The van der Waals surface area contributed by atoms with Crippen molar-refractivity contribution in [2.24, 2.45) is 22.7 Å². The van der Waals surface area contributed by atoms with Gasteiger partial charge in [-0.05, 0) is 76.0 Å². The molecule has 0 saturated heterocycles. The molecule has 0 aromatic heterocycles. The molecule has 0 bridgehead atoms. The van der Waals surface area contributed by atoms with Crippen molar-refractivity contribution in [1.82, 2.24) is 0 Å². The van der Waals surface area contributed by atoms with Crippen molar-refractivity contribution in [3.63, 3.8) is 0 Å². The number of carbonyl (C=O) groups excluding carboxylic acids is 2. The highest BCUT2D eigenvalue weighted by molar-refractivity contribution is 5.90. The first-order chi connectivity index (χ1) is 13.5. The van der Waals surface area contributed by atoms with E-state index < -0.39 is 0 Å². The van der Waals surface area contributed by atoms with Crippen LogP contribution in [0.5, 0.6) is 0 Å². The molecule has 30 heavy (non-hydrogen) atoms. The normalized spacial score (nSPS) is 32.0. The van der Waals surface area contributed by atoms with E-state index in [0.29, 0.717) is 36.2 Å². The summed E-state index contributed by atoms with van der Waals surface area (Å²) < 4.78 is 10.8. The van der Waals surface area contributed by atoms with Gasteiger partial charge in [0.1, 0.15) is 0 Å². The molecule has 4 saturated carbocycles. The van der Waals surface area contributed by atoms with Crippen LogP contribution in [0.25, 0.3) is 0 Å². The second-order valence-corrected chi connectivity index (χ2v) is 9.54. The van der Waals surface area contributed by atoms with Gasteiger partial charge in [-0.2, -0.15) is 0 Å². The van der Waals surface area contributed by atoms with Crippen LogP contribution < -0.4 is 0 Å². The first kappa shape index (κ1) is 24.7. The van der Waals surface area contributed by atoms with Crippen molar-refractivity contribution < 1.29 is 19.1 Å². The lowest BCUT2D eigenvalue weighted by molar-refractivity contribution is -0.141. The van der Waals surface area contributed by atoms with Crippen LogP contribution in [0.2, 0.25) is 0 Å². The van der Waals surface area contributed by atoms with Crippen LogP contribution in [0, 0.1) is 22.7 Å². The molecule has 0 radical (unpaired) electrons. The van der Waals surface area contributed by atoms with Crippen molar-refractivity contribution in [3.8, 4) is 0 Å². The van der Waals surface area contributed by atoms with Crippen LogP contribution in [0.15, 0.2) is 24.3 Å². The zero-order valence-electron chi connectivity index (χ0n) is 17.1. The third-order valence-electron chi connectivity index (χ3n) is 8.01. The third-order valence-corrected chi connectivity index (χ3v) is 8.01. The van der Waals surface area contributed by atoms with Crippen molar-refractivity contribution in [2.45, 2.75) is 91.9 Å². The number of fused-ring (bicyclic) bond motifs is 2. The Kier molecular flexibility index (Phi) is 7.98. The van der Waals surface area contributed by atoms with Crippen LogP contribution in [-0.4, -0.2) is 25.2 Å². The van der Waals surface area contributed by atoms with Crippen LogP contribution in [-0.2, 0) is 19.1 Å². The molecule has 0 amide bonds.